The molecule has 0 atom stereocenters. The highest BCUT2D eigenvalue weighted by molar-refractivity contribution is 9.10. The van der Waals surface area contributed by atoms with Crippen molar-refractivity contribution in [2.24, 2.45) is 4.99 Å². The predicted octanol–water partition coefficient (Wildman–Crippen LogP) is 4.40. The van der Waals surface area contributed by atoms with E-state index in [0.29, 0.717) is 9.90 Å². The van der Waals surface area contributed by atoms with Crippen LogP contribution in [0.25, 0.3) is 0 Å². The molecule has 100 valence electrons. The van der Waals surface area contributed by atoms with Gasteiger partial charge in [0.25, 0.3) is 0 Å². The van der Waals surface area contributed by atoms with E-state index >= 15 is 0 Å². The normalized spacial score (nSPS) is 11.5. The van der Waals surface area contributed by atoms with Crippen molar-refractivity contribution in [2.75, 3.05) is 6.26 Å². The lowest BCUT2D eigenvalue weighted by Crippen LogP contribution is -2.01. The number of thioether (sulfide) groups is 1. The van der Waals surface area contributed by atoms with Crippen molar-refractivity contribution in [1.82, 2.24) is 0 Å². The number of benzene rings is 1. The monoisotopic (exact) mass is 375 g/mol. The molecule has 2 aromatic rings. The molecular weight excluding hydrogens is 366 g/mol. The molecule has 0 unspecified atom stereocenters. The first-order chi connectivity index (χ1) is 8.98. The van der Waals surface area contributed by atoms with Gasteiger partial charge < -0.3 is 0 Å². The van der Waals surface area contributed by atoms with Crippen LogP contribution in [0.15, 0.2) is 53.8 Å². The molecule has 19 heavy (non-hydrogen) atoms. The fourth-order valence-corrected chi connectivity index (χ4v) is 5.89. The zero-order chi connectivity index (χ0) is 14.0. The lowest BCUT2D eigenvalue weighted by atomic mass is 10.4. The fraction of sp³-hybridized carbons (Fsp3) is 0.0833. The maximum absolute atomic E-state index is 12.6. The van der Waals surface area contributed by atoms with E-state index in [4.69, 9.17) is 0 Å². The maximum atomic E-state index is 12.6. The summed E-state index contributed by atoms with van der Waals surface area (Å²) in [6.07, 6.45) is 1.85. The van der Waals surface area contributed by atoms with Crippen molar-refractivity contribution < 1.29 is 8.42 Å². The summed E-state index contributed by atoms with van der Waals surface area (Å²) in [5.41, 5.74) is 0. The Balaban J connectivity index is 2.62. The summed E-state index contributed by atoms with van der Waals surface area (Å²) in [6.45, 7) is 3.44. The molecule has 0 radical (unpaired) electrons. The number of sulfone groups is 1. The van der Waals surface area contributed by atoms with E-state index < -0.39 is 9.84 Å². The number of nitrogens with zero attached hydrogens (tertiary/aromatic N) is 1. The molecule has 0 N–H and O–H groups in total. The Labute approximate surface area is 128 Å². The van der Waals surface area contributed by atoms with Crippen LogP contribution >= 0.6 is 39.0 Å². The molecule has 0 aliphatic heterocycles. The first-order valence-corrected chi connectivity index (χ1v) is 9.46. The summed E-state index contributed by atoms with van der Waals surface area (Å²) in [6, 6.07) is 8.24. The summed E-state index contributed by atoms with van der Waals surface area (Å²) in [5.74, 6) is 0. The Kier molecular flexibility index (Phi) is 4.50. The summed E-state index contributed by atoms with van der Waals surface area (Å²) >= 11 is 6.01. The molecule has 0 bridgehead atoms. The van der Waals surface area contributed by atoms with E-state index in [1.54, 1.807) is 30.3 Å². The first kappa shape index (κ1) is 14.8. The molecule has 0 fully saturated rings. The number of halogens is 1. The molecule has 7 heteroatoms. The smallest absolute Gasteiger partial charge is 0.208 e. The minimum atomic E-state index is -3.52. The van der Waals surface area contributed by atoms with E-state index in [0.717, 1.165) is 8.68 Å². The van der Waals surface area contributed by atoms with E-state index in [-0.39, 0.29) is 4.90 Å². The quantitative estimate of drug-likeness (QED) is 0.587. The number of hydrogen-bond donors (Lipinski definition) is 0. The highest BCUT2D eigenvalue weighted by Gasteiger charge is 2.24. The van der Waals surface area contributed by atoms with Crippen LogP contribution in [0.4, 0.5) is 5.00 Å². The van der Waals surface area contributed by atoms with Crippen molar-refractivity contribution in [3.05, 3.63) is 34.8 Å². The summed E-state index contributed by atoms with van der Waals surface area (Å²) in [4.78, 5) is 4.37. The summed E-state index contributed by atoms with van der Waals surface area (Å²) < 4.78 is 26.7. The van der Waals surface area contributed by atoms with Gasteiger partial charge in [0.15, 0.2) is 0 Å². The molecule has 2 rings (SSSR count). The Hall–Kier alpha value is -0.630. The second kappa shape index (κ2) is 5.78. The standard InChI is InChI=1S/C12H10BrNO2S3/c1-14-11-7-10(12(17-2)18-11)19(15,16)9-5-3-4-8(13)6-9/h3-7H,1H2,2H3. The first-order valence-electron chi connectivity index (χ1n) is 5.14. The summed E-state index contributed by atoms with van der Waals surface area (Å²) in [7, 11) is -3.52. The van der Waals surface area contributed by atoms with Crippen molar-refractivity contribution in [1.29, 1.82) is 0 Å². The lowest BCUT2D eigenvalue weighted by molar-refractivity contribution is 0.595. The topological polar surface area (TPSA) is 46.5 Å². The molecule has 0 saturated carbocycles. The van der Waals surface area contributed by atoms with Gasteiger partial charge in [0.1, 0.15) is 5.00 Å². The second-order valence-electron chi connectivity index (χ2n) is 3.56. The van der Waals surface area contributed by atoms with Gasteiger partial charge in [0.05, 0.1) is 14.0 Å². The van der Waals surface area contributed by atoms with Crippen molar-refractivity contribution >= 4 is 60.6 Å². The zero-order valence-corrected chi connectivity index (χ0v) is 14.0. The third-order valence-electron chi connectivity index (χ3n) is 2.39. The van der Waals surface area contributed by atoms with Crippen molar-refractivity contribution in [2.45, 2.75) is 14.0 Å². The van der Waals surface area contributed by atoms with Gasteiger partial charge >= 0.3 is 0 Å². The lowest BCUT2D eigenvalue weighted by Gasteiger charge is -2.04. The fourth-order valence-electron chi connectivity index (χ4n) is 1.51. The Morgan fingerprint density at radius 2 is 2.11 bits per heavy atom. The Bertz CT molecular complexity index is 722. The van der Waals surface area contributed by atoms with Gasteiger partial charge in [0.2, 0.25) is 9.84 Å². The number of thiophene rings is 1. The van der Waals surface area contributed by atoms with E-state index in [9.17, 15) is 8.42 Å². The van der Waals surface area contributed by atoms with Crippen LogP contribution < -0.4 is 0 Å². The van der Waals surface area contributed by atoms with Gasteiger partial charge in [-0.2, -0.15) is 0 Å². The Morgan fingerprint density at radius 3 is 2.68 bits per heavy atom. The average Bonchev–Trinajstić information content (AvgIpc) is 2.82. The van der Waals surface area contributed by atoms with Crippen molar-refractivity contribution in [3.8, 4) is 0 Å². The maximum Gasteiger partial charge on any atom is 0.208 e. The summed E-state index contributed by atoms with van der Waals surface area (Å²) in [5, 5.41) is 0.609. The van der Waals surface area contributed by atoms with Crippen LogP contribution in [0.2, 0.25) is 0 Å². The van der Waals surface area contributed by atoms with Gasteiger partial charge in [-0.15, -0.1) is 23.1 Å². The third-order valence-corrected chi connectivity index (χ3v) is 7.12. The molecule has 3 nitrogen and oxygen atoms in total. The minimum Gasteiger partial charge on any atom is -0.254 e. The second-order valence-corrected chi connectivity index (χ2v) is 8.50. The van der Waals surface area contributed by atoms with E-state index in [2.05, 4.69) is 27.6 Å². The molecule has 0 amide bonds. The molecule has 1 aromatic carbocycles. The van der Waals surface area contributed by atoms with Crippen LogP contribution in [-0.4, -0.2) is 21.4 Å². The number of hydrogen-bond acceptors (Lipinski definition) is 5. The molecule has 1 aromatic heterocycles. The van der Waals surface area contributed by atoms with Gasteiger partial charge in [0, 0.05) is 4.47 Å². The zero-order valence-electron chi connectivity index (χ0n) is 9.96. The molecule has 0 aliphatic rings. The van der Waals surface area contributed by atoms with Gasteiger partial charge in [-0.1, -0.05) is 22.0 Å². The SMILES string of the molecule is C=Nc1cc(S(=O)(=O)c2cccc(Br)c2)c(SC)s1. The molecule has 0 saturated heterocycles. The minimum absolute atomic E-state index is 0.269. The predicted molar refractivity (Wildman–Crippen MR) is 84.9 cm³/mol. The Morgan fingerprint density at radius 1 is 1.37 bits per heavy atom. The van der Waals surface area contributed by atoms with Crippen LogP contribution in [0.3, 0.4) is 0 Å². The highest BCUT2D eigenvalue weighted by Crippen LogP contribution is 2.40. The molecule has 1 heterocycles. The molecule has 0 aliphatic carbocycles. The van der Waals surface area contributed by atoms with Crippen LogP contribution in [-0.2, 0) is 9.84 Å². The third kappa shape index (κ3) is 2.94. The van der Waals surface area contributed by atoms with E-state index in [1.165, 1.54) is 23.1 Å². The van der Waals surface area contributed by atoms with Gasteiger partial charge in [-0.3, -0.25) is 4.99 Å². The highest BCUT2D eigenvalue weighted by atomic mass is 79.9. The molecule has 0 spiro atoms. The number of rotatable bonds is 4. The van der Waals surface area contributed by atoms with Gasteiger partial charge in [-0.25, -0.2) is 8.42 Å². The van der Waals surface area contributed by atoms with Crippen molar-refractivity contribution in [3.63, 3.8) is 0 Å². The van der Waals surface area contributed by atoms with Crippen LogP contribution in [0, 0.1) is 0 Å². The largest absolute Gasteiger partial charge is 0.254 e. The van der Waals surface area contributed by atoms with Crippen LogP contribution in [0.5, 0.6) is 0 Å². The number of aliphatic imine (C=N–C) groups is 1. The van der Waals surface area contributed by atoms with Gasteiger partial charge in [-0.05, 0) is 37.2 Å². The van der Waals surface area contributed by atoms with Crippen LogP contribution in [0.1, 0.15) is 0 Å². The van der Waals surface area contributed by atoms with E-state index in [1.807, 2.05) is 6.26 Å². The molecular formula is C12H10BrNO2S3. The average molecular weight is 376 g/mol.